The smallest absolute Gasteiger partial charge is 0.306 e. The number of carbonyl (C=O) groups is 3. The van der Waals surface area contributed by atoms with E-state index in [4.69, 9.17) is 16.3 Å². The number of alkyl halides is 1. The van der Waals surface area contributed by atoms with Crippen LogP contribution in [0.3, 0.4) is 0 Å². The van der Waals surface area contributed by atoms with Gasteiger partial charge in [-0.25, -0.2) is 4.39 Å². The maximum atomic E-state index is 14.9. The van der Waals surface area contributed by atoms with Gasteiger partial charge < -0.3 is 14.9 Å². The van der Waals surface area contributed by atoms with Crippen LogP contribution in [0.1, 0.15) is 66.2 Å². The van der Waals surface area contributed by atoms with Crippen molar-refractivity contribution in [3.8, 4) is 0 Å². The molecular formula is C26H34ClFO6. The highest BCUT2D eigenvalue weighted by molar-refractivity contribution is 6.26. The third kappa shape index (κ3) is 2.96. The molecule has 2 N–H and O–H groups in total. The lowest BCUT2D eigenvalue weighted by Gasteiger charge is -2.64. The first-order valence-corrected chi connectivity index (χ1v) is 12.6. The number of fused-ring (bicyclic) bond motifs is 5. The van der Waals surface area contributed by atoms with Gasteiger partial charge in [-0.3, -0.25) is 14.4 Å². The van der Waals surface area contributed by atoms with Gasteiger partial charge in [0, 0.05) is 23.2 Å². The van der Waals surface area contributed by atoms with Gasteiger partial charge in [0.25, 0.3) is 0 Å². The number of halogens is 2. The highest BCUT2D eigenvalue weighted by Gasteiger charge is 2.76. The summed E-state index contributed by atoms with van der Waals surface area (Å²) in [4.78, 5) is 36.7. The van der Waals surface area contributed by atoms with E-state index >= 15 is 0 Å². The third-order valence-corrected chi connectivity index (χ3v) is 10.5. The van der Waals surface area contributed by atoms with Crippen LogP contribution in [-0.4, -0.2) is 50.9 Å². The Morgan fingerprint density at radius 2 is 1.97 bits per heavy atom. The number of Topliss-reactive ketones (excluding diaryl/α,β-unsaturated/α-hetero) is 1. The van der Waals surface area contributed by atoms with Crippen molar-refractivity contribution in [1.29, 1.82) is 0 Å². The van der Waals surface area contributed by atoms with Crippen molar-refractivity contribution in [2.45, 2.75) is 82.8 Å². The second-order valence-electron chi connectivity index (χ2n) is 11.0. The molecule has 0 radical (unpaired) electrons. The molecule has 188 valence electrons. The Morgan fingerprint density at radius 3 is 2.59 bits per heavy atom. The fourth-order valence-electron chi connectivity index (χ4n) is 8.03. The molecule has 3 fully saturated rings. The molecule has 3 saturated carbocycles. The Kier molecular flexibility index (Phi) is 6.19. The minimum Gasteiger partial charge on any atom is -0.450 e. The molecule has 0 aromatic heterocycles. The van der Waals surface area contributed by atoms with Crippen molar-refractivity contribution < 1.29 is 33.7 Å². The maximum Gasteiger partial charge on any atom is 0.306 e. The first-order chi connectivity index (χ1) is 15.8. The molecule has 0 bridgehead atoms. The Labute approximate surface area is 204 Å². The minimum atomic E-state index is -1.58. The Bertz CT molecular complexity index is 992. The number of aliphatic hydroxyl groups excluding tert-OH is 2. The van der Waals surface area contributed by atoms with Crippen LogP contribution in [0.4, 0.5) is 4.39 Å². The number of ether oxygens (including phenoxy) is 1. The lowest BCUT2D eigenvalue weighted by Crippen LogP contribution is -2.69. The van der Waals surface area contributed by atoms with Crippen molar-refractivity contribution in [1.82, 2.24) is 0 Å². The normalized spacial score (nSPS) is 45.5. The molecule has 0 spiro atoms. The average molecular weight is 497 g/mol. The van der Waals surface area contributed by atoms with Gasteiger partial charge in [-0.1, -0.05) is 33.8 Å². The van der Waals surface area contributed by atoms with Crippen LogP contribution < -0.4 is 0 Å². The molecule has 6 nitrogen and oxygen atoms in total. The average Bonchev–Trinajstić information content (AvgIpc) is 2.99. The predicted octanol–water partition coefficient (Wildman–Crippen LogP) is 3.81. The molecule has 8 atom stereocenters. The topological polar surface area (TPSA) is 101 Å². The molecule has 0 aromatic carbocycles. The van der Waals surface area contributed by atoms with Crippen LogP contribution in [0.2, 0.25) is 0 Å². The van der Waals surface area contributed by atoms with Crippen molar-refractivity contribution >= 4 is 29.1 Å². The molecule has 0 aromatic rings. The van der Waals surface area contributed by atoms with E-state index in [1.165, 1.54) is 6.08 Å². The summed E-state index contributed by atoms with van der Waals surface area (Å²) in [5.41, 5.74) is -3.32. The van der Waals surface area contributed by atoms with Gasteiger partial charge in [-0.2, -0.15) is 0 Å². The summed E-state index contributed by atoms with van der Waals surface area (Å²) >= 11 is 7.34. The molecule has 0 saturated heterocycles. The second-order valence-corrected chi connectivity index (χ2v) is 11.7. The number of carbonyl (C=O) groups excluding carboxylic acids is 3. The molecule has 4 rings (SSSR count). The zero-order valence-electron chi connectivity index (χ0n) is 20.2. The van der Waals surface area contributed by atoms with E-state index in [-0.39, 0.29) is 24.7 Å². The van der Waals surface area contributed by atoms with E-state index in [0.717, 1.165) is 0 Å². The number of allylic oxidation sites excluding steroid dienone is 4. The molecule has 4 aliphatic carbocycles. The molecule has 34 heavy (non-hydrogen) atoms. The Morgan fingerprint density at radius 1 is 1.29 bits per heavy atom. The maximum absolute atomic E-state index is 14.9. The van der Waals surface area contributed by atoms with Gasteiger partial charge in [0.05, 0.1) is 11.0 Å². The quantitative estimate of drug-likeness (QED) is 0.443. The molecular weight excluding hydrogens is 463 g/mol. The molecule has 0 heterocycles. The second kappa shape index (κ2) is 8.24. The number of hydrogen-bond acceptors (Lipinski definition) is 6. The monoisotopic (exact) mass is 496 g/mol. The highest BCUT2D eigenvalue weighted by Crippen LogP contribution is 2.72. The van der Waals surface area contributed by atoms with Gasteiger partial charge in [-0.05, 0) is 55.6 Å². The van der Waals surface area contributed by atoms with Crippen LogP contribution in [0.5, 0.6) is 0 Å². The summed E-state index contributed by atoms with van der Waals surface area (Å²) in [6, 6.07) is 0. The Balaban J connectivity index is 1.85. The number of rotatable bonds is 5. The van der Waals surface area contributed by atoms with Gasteiger partial charge in [-0.15, -0.1) is 11.6 Å². The molecule has 4 aliphatic rings. The van der Waals surface area contributed by atoms with Crippen molar-refractivity contribution in [3.05, 3.63) is 23.6 Å². The van der Waals surface area contributed by atoms with E-state index in [0.29, 0.717) is 31.3 Å². The van der Waals surface area contributed by atoms with Crippen LogP contribution in [-0.2, 0) is 19.1 Å². The molecule has 0 amide bonds. The van der Waals surface area contributed by atoms with Crippen LogP contribution in [0, 0.1) is 28.6 Å². The summed E-state index contributed by atoms with van der Waals surface area (Å²) in [6.07, 6.45) is 3.61. The first-order valence-electron chi connectivity index (χ1n) is 12.2. The van der Waals surface area contributed by atoms with Gasteiger partial charge in [0.1, 0.15) is 6.61 Å². The number of hydrogen-bond donors (Lipinski definition) is 2. The Hall–Kier alpha value is -1.57. The fraction of sp³-hybridized carbons (Fsp3) is 0.731. The van der Waals surface area contributed by atoms with Crippen molar-refractivity contribution in [3.63, 3.8) is 0 Å². The van der Waals surface area contributed by atoms with Crippen molar-refractivity contribution in [2.75, 3.05) is 6.61 Å². The third-order valence-electron chi connectivity index (χ3n) is 9.56. The summed E-state index contributed by atoms with van der Waals surface area (Å²) in [7, 11) is 0. The number of esters is 1. The van der Waals surface area contributed by atoms with E-state index < -0.39 is 63.3 Å². The predicted molar refractivity (Wildman–Crippen MR) is 124 cm³/mol. The highest BCUT2D eigenvalue weighted by atomic mass is 35.5. The van der Waals surface area contributed by atoms with Gasteiger partial charge >= 0.3 is 5.97 Å². The zero-order chi connectivity index (χ0) is 25.3. The molecule has 0 unspecified atom stereocenters. The fourth-order valence-corrected chi connectivity index (χ4v) is 8.55. The lowest BCUT2D eigenvalue weighted by molar-refractivity contribution is -0.203. The summed E-state index contributed by atoms with van der Waals surface area (Å²) < 4.78 is 20.9. The minimum absolute atomic E-state index is 0.0411. The van der Waals surface area contributed by atoms with Crippen LogP contribution in [0.15, 0.2) is 23.6 Å². The summed E-state index contributed by atoms with van der Waals surface area (Å²) in [6.45, 7) is 6.52. The lowest BCUT2D eigenvalue weighted by atomic mass is 9.45. The van der Waals surface area contributed by atoms with E-state index in [2.05, 4.69) is 0 Å². The first kappa shape index (κ1) is 25.5. The standard InChI is InChI=1S/C26H34ClFO6/c1-5-6-21(33)34-26(20(32)13-29)14(2)11-17-15-7-8-16-22(28)18(30)9-10-23(16,3)25(15,27)19(31)12-24(17,26)4/h9-10,14-15,17,19,29,31H,5-8,11-13H2,1-4H3/t14-,15-,17-,19-,23-,24-,25-,26+/m0/s1. The van der Waals surface area contributed by atoms with E-state index in [9.17, 15) is 29.0 Å². The zero-order valence-corrected chi connectivity index (χ0v) is 21.0. The van der Waals surface area contributed by atoms with E-state index in [1.807, 2.05) is 20.8 Å². The van der Waals surface area contributed by atoms with Crippen molar-refractivity contribution in [2.24, 2.45) is 28.6 Å². The van der Waals surface area contributed by atoms with Crippen LogP contribution >= 0.6 is 11.6 Å². The summed E-state index contributed by atoms with van der Waals surface area (Å²) in [5.74, 6) is -3.52. The number of aliphatic hydroxyl groups is 2. The van der Waals surface area contributed by atoms with E-state index in [1.54, 1.807) is 13.0 Å². The van der Waals surface area contributed by atoms with Gasteiger partial charge in [0.15, 0.2) is 11.4 Å². The van der Waals surface area contributed by atoms with Gasteiger partial charge in [0.2, 0.25) is 11.6 Å². The SMILES string of the molecule is CCCC(=O)O[C@@]1(C(=O)CO)[C@@H](C)C[C@H]2[C@@H]3CCC4=C(F)C(=O)C=C[C@]4(C)[C@@]3(Cl)[C@@H](O)C[C@@]21C. The molecule has 0 aliphatic heterocycles. The number of ketones is 2. The summed E-state index contributed by atoms with van der Waals surface area (Å²) in [5, 5.41) is 21.5. The van der Waals surface area contributed by atoms with Crippen LogP contribution in [0.25, 0.3) is 0 Å². The largest absolute Gasteiger partial charge is 0.450 e. The molecule has 8 heteroatoms.